The van der Waals surface area contributed by atoms with E-state index in [9.17, 15) is 4.79 Å². The van der Waals surface area contributed by atoms with Crippen molar-refractivity contribution >= 4 is 17.5 Å². The van der Waals surface area contributed by atoms with Crippen LogP contribution in [0.2, 0.25) is 5.02 Å². The maximum atomic E-state index is 10.9. The van der Waals surface area contributed by atoms with Crippen LogP contribution in [-0.2, 0) is 6.42 Å². The highest BCUT2D eigenvalue weighted by molar-refractivity contribution is 6.30. The van der Waals surface area contributed by atoms with Crippen LogP contribution in [0, 0.1) is 0 Å². The van der Waals surface area contributed by atoms with Gasteiger partial charge in [0.2, 0.25) is 5.95 Å². The van der Waals surface area contributed by atoms with Gasteiger partial charge in [-0.1, -0.05) is 23.7 Å². The van der Waals surface area contributed by atoms with Gasteiger partial charge in [-0.05, 0) is 24.1 Å². The molecule has 0 fully saturated rings. The lowest BCUT2D eigenvalue weighted by Gasteiger charge is -2.16. The molecule has 3 rings (SSSR count). The Bertz CT molecular complexity index is 826. The average Bonchev–Trinajstić information content (AvgIpc) is 3.01. The highest BCUT2D eigenvalue weighted by Gasteiger charge is 2.09. The monoisotopic (exact) mass is 331 g/mol. The van der Waals surface area contributed by atoms with Crippen molar-refractivity contribution in [2.24, 2.45) is 0 Å². The van der Waals surface area contributed by atoms with Gasteiger partial charge in [-0.3, -0.25) is 0 Å². The fourth-order valence-corrected chi connectivity index (χ4v) is 2.16. The fraction of sp³-hybridized carbons (Fsp3) is 0.200. The number of aromatic nitrogens is 4. The number of rotatable bonds is 5. The molecule has 0 saturated heterocycles. The van der Waals surface area contributed by atoms with Crippen molar-refractivity contribution in [2.75, 3.05) is 18.5 Å². The van der Waals surface area contributed by atoms with Crippen LogP contribution in [0.25, 0.3) is 11.5 Å². The quantitative estimate of drug-likeness (QED) is 0.770. The smallest absolute Gasteiger partial charge is 0.388 e. The molecule has 0 aliphatic heterocycles. The number of nitrogens with one attached hydrogen (secondary N) is 1. The molecule has 118 valence electrons. The number of H-pyrrole nitrogens is 1. The standard InChI is InChI=1S/C15H14ClN5O2/c1-21(7-6-10-2-4-12(16)5-3-10)14-17-8-11(9-18-14)13-19-20-15(22)23-13/h2-5,8-9H,6-7H2,1H3,(H,20,22). The summed E-state index contributed by atoms with van der Waals surface area (Å²) in [4.78, 5) is 21.4. The van der Waals surface area contributed by atoms with Crippen molar-refractivity contribution in [1.82, 2.24) is 20.2 Å². The zero-order valence-electron chi connectivity index (χ0n) is 12.4. The van der Waals surface area contributed by atoms with E-state index in [0.29, 0.717) is 11.5 Å². The predicted octanol–water partition coefficient (Wildman–Crippen LogP) is 2.15. The van der Waals surface area contributed by atoms with Crippen molar-refractivity contribution < 1.29 is 4.42 Å². The van der Waals surface area contributed by atoms with E-state index >= 15 is 0 Å². The number of anilines is 1. The Morgan fingerprint density at radius 1 is 1.22 bits per heavy atom. The molecule has 0 atom stereocenters. The molecule has 0 radical (unpaired) electrons. The number of hydrogen-bond donors (Lipinski definition) is 1. The highest BCUT2D eigenvalue weighted by Crippen LogP contribution is 2.15. The van der Waals surface area contributed by atoms with E-state index in [4.69, 9.17) is 16.0 Å². The van der Waals surface area contributed by atoms with Crippen molar-refractivity contribution in [3.63, 3.8) is 0 Å². The van der Waals surface area contributed by atoms with Crippen molar-refractivity contribution in [3.8, 4) is 11.5 Å². The average molecular weight is 332 g/mol. The summed E-state index contributed by atoms with van der Waals surface area (Å²) in [6.07, 6.45) is 3.99. The SMILES string of the molecule is CN(CCc1ccc(Cl)cc1)c1ncc(-c2n[nH]c(=O)o2)cn1. The van der Waals surface area contributed by atoms with Crippen LogP contribution in [0.3, 0.4) is 0 Å². The van der Waals surface area contributed by atoms with Gasteiger partial charge in [0.15, 0.2) is 0 Å². The fourth-order valence-electron chi connectivity index (χ4n) is 2.03. The minimum Gasteiger partial charge on any atom is -0.388 e. The summed E-state index contributed by atoms with van der Waals surface area (Å²) in [5, 5.41) is 6.66. The predicted molar refractivity (Wildman–Crippen MR) is 86.6 cm³/mol. The molecule has 0 bridgehead atoms. The number of halogens is 1. The first-order valence-electron chi connectivity index (χ1n) is 6.95. The van der Waals surface area contributed by atoms with Gasteiger partial charge in [-0.2, -0.15) is 0 Å². The molecule has 3 aromatic rings. The Morgan fingerprint density at radius 3 is 2.52 bits per heavy atom. The van der Waals surface area contributed by atoms with Crippen LogP contribution in [0.5, 0.6) is 0 Å². The first-order chi connectivity index (χ1) is 11.1. The molecule has 0 spiro atoms. The molecule has 2 heterocycles. The van der Waals surface area contributed by atoms with E-state index in [1.807, 2.05) is 36.2 Å². The first kappa shape index (κ1) is 15.2. The van der Waals surface area contributed by atoms with Crippen LogP contribution >= 0.6 is 11.6 Å². The topological polar surface area (TPSA) is 87.9 Å². The van der Waals surface area contributed by atoms with Crippen molar-refractivity contribution in [3.05, 3.63) is 57.8 Å². The molecule has 0 aliphatic carbocycles. The molecule has 0 saturated carbocycles. The van der Waals surface area contributed by atoms with Crippen LogP contribution in [0.4, 0.5) is 5.95 Å². The van der Waals surface area contributed by atoms with E-state index in [1.54, 1.807) is 12.4 Å². The molecular formula is C15H14ClN5O2. The molecule has 0 unspecified atom stereocenters. The lowest BCUT2D eigenvalue weighted by molar-refractivity contribution is 0.526. The van der Waals surface area contributed by atoms with Gasteiger partial charge in [-0.15, -0.1) is 5.10 Å². The van der Waals surface area contributed by atoms with Crippen LogP contribution in [-0.4, -0.2) is 33.8 Å². The zero-order chi connectivity index (χ0) is 16.2. The van der Waals surface area contributed by atoms with Gasteiger partial charge < -0.3 is 9.32 Å². The summed E-state index contributed by atoms with van der Waals surface area (Å²) in [5.41, 5.74) is 1.73. The molecule has 0 amide bonds. The number of benzene rings is 1. The third kappa shape index (κ3) is 3.75. The Kier molecular flexibility index (Phi) is 4.38. The second kappa shape index (κ2) is 6.62. The summed E-state index contributed by atoms with van der Waals surface area (Å²) in [7, 11) is 1.92. The van der Waals surface area contributed by atoms with E-state index in [0.717, 1.165) is 18.0 Å². The van der Waals surface area contributed by atoms with Gasteiger partial charge in [0.1, 0.15) is 0 Å². The molecule has 2 aromatic heterocycles. The van der Waals surface area contributed by atoms with Crippen LogP contribution in [0.15, 0.2) is 45.9 Å². The van der Waals surface area contributed by atoms with Crippen molar-refractivity contribution in [2.45, 2.75) is 6.42 Å². The molecule has 23 heavy (non-hydrogen) atoms. The second-order valence-electron chi connectivity index (χ2n) is 4.99. The largest absolute Gasteiger partial charge is 0.434 e. The van der Waals surface area contributed by atoms with Crippen LogP contribution in [0.1, 0.15) is 5.56 Å². The molecular weight excluding hydrogens is 318 g/mol. The third-order valence-electron chi connectivity index (χ3n) is 3.31. The number of hydrogen-bond acceptors (Lipinski definition) is 6. The molecule has 7 nitrogen and oxygen atoms in total. The highest BCUT2D eigenvalue weighted by atomic mass is 35.5. The maximum Gasteiger partial charge on any atom is 0.434 e. The summed E-state index contributed by atoms with van der Waals surface area (Å²) in [6, 6.07) is 7.75. The van der Waals surface area contributed by atoms with Gasteiger partial charge >= 0.3 is 5.76 Å². The third-order valence-corrected chi connectivity index (χ3v) is 3.57. The van der Waals surface area contributed by atoms with Gasteiger partial charge in [0.05, 0.1) is 5.56 Å². The second-order valence-corrected chi connectivity index (χ2v) is 5.42. The summed E-state index contributed by atoms with van der Waals surface area (Å²) in [6.45, 7) is 0.762. The van der Waals surface area contributed by atoms with E-state index in [2.05, 4.69) is 20.2 Å². The van der Waals surface area contributed by atoms with E-state index in [-0.39, 0.29) is 5.89 Å². The minimum atomic E-state index is -0.607. The van der Waals surface area contributed by atoms with Crippen molar-refractivity contribution in [1.29, 1.82) is 0 Å². The first-order valence-corrected chi connectivity index (χ1v) is 7.33. The zero-order valence-corrected chi connectivity index (χ0v) is 13.1. The lowest BCUT2D eigenvalue weighted by atomic mass is 10.1. The summed E-state index contributed by atoms with van der Waals surface area (Å²) in [5.74, 6) is 0.148. The lowest BCUT2D eigenvalue weighted by Crippen LogP contribution is -2.22. The molecule has 1 N–H and O–H groups in total. The minimum absolute atomic E-state index is 0.172. The Hall–Kier alpha value is -2.67. The Labute approximate surface area is 137 Å². The number of nitrogens with zero attached hydrogens (tertiary/aromatic N) is 4. The van der Waals surface area contributed by atoms with E-state index in [1.165, 1.54) is 5.56 Å². The van der Waals surface area contributed by atoms with Crippen LogP contribution < -0.4 is 10.7 Å². The van der Waals surface area contributed by atoms with E-state index < -0.39 is 5.76 Å². The molecule has 8 heteroatoms. The Balaban J connectivity index is 1.64. The van der Waals surface area contributed by atoms with Gasteiger partial charge in [0.25, 0.3) is 5.89 Å². The molecule has 1 aromatic carbocycles. The van der Waals surface area contributed by atoms with Gasteiger partial charge in [-0.25, -0.2) is 19.9 Å². The number of likely N-dealkylation sites (N-methyl/N-ethyl adjacent to an activating group) is 1. The Morgan fingerprint density at radius 2 is 1.91 bits per heavy atom. The summed E-state index contributed by atoms with van der Waals surface area (Å²) < 4.78 is 4.86. The normalized spacial score (nSPS) is 10.7. The maximum absolute atomic E-state index is 10.9. The summed E-state index contributed by atoms with van der Waals surface area (Å²) >= 11 is 5.87. The number of aromatic amines is 1. The van der Waals surface area contributed by atoms with Gasteiger partial charge in [0, 0.05) is 31.0 Å². The molecule has 0 aliphatic rings.